The molecule has 1 fully saturated rings. The Hall–Kier alpha value is -1.32. The molecule has 0 saturated heterocycles. The van der Waals surface area contributed by atoms with Crippen molar-refractivity contribution in [1.29, 1.82) is 0 Å². The molecule has 0 atom stereocenters. The summed E-state index contributed by atoms with van der Waals surface area (Å²) >= 11 is 3.39. The predicted octanol–water partition coefficient (Wildman–Crippen LogP) is 3.27. The number of hydrogen-bond acceptors (Lipinski definition) is 4. The minimum absolute atomic E-state index is 0.107. The average Bonchev–Trinajstić information content (AvgIpc) is 2.81. The first-order valence-corrected chi connectivity index (χ1v) is 6.58. The molecule has 96 valence electrons. The molecule has 0 bridgehead atoms. The van der Waals surface area contributed by atoms with Crippen LogP contribution in [0.15, 0.2) is 21.6 Å². The minimum atomic E-state index is -0.624. The number of isocyanates is 1. The Morgan fingerprint density at radius 3 is 2.67 bits per heavy atom. The normalized spacial score (nSPS) is 17.2. The lowest BCUT2D eigenvalue weighted by atomic mass is 9.88. The van der Waals surface area contributed by atoms with Gasteiger partial charge in [0.15, 0.2) is 0 Å². The van der Waals surface area contributed by atoms with Crippen molar-refractivity contribution in [2.75, 3.05) is 7.11 Å². The Morgan fingerprint density at radius 2 is 2.11 bits per heavy atom. The fraction of sp³-hybridized carbons (Fsp3) is 0.462. The van der Waals surface area contributed by atoms with E-state index < -0.39 is 5.54 Å². The lowest BCUT2D eigenvalue weighted by molar-refractivity contribution is 0.389. The minimum Gasteiger partial charge on any atom is -0.507 e. The van der Waals surface area contributed by atoms with E-state index in [2.05, 4.69) is 20.9 Å². The van der Waals surface area contributed by atoms with E-state index in [4.69, 9.17) is 4.74 Å². The standard InChI is InChI=1S/C13H14BrNO3/c1-18-12-7-11(17)9(6-10(12)14)13(15-8-16)4-2-3-5-13/h6-7,17H,2-5H2,1H3. The number of phenols is 1. The second kappa shape index (κ2) is 5.12. The highest BCUT2D eigenvalue weighted by atomic mass is 79.9. The zero-order chi connectivity index (χ0) is 13.2. The van der Waals surface area contributed by atoms with Crippen molar-refractivity contribution in [3.8, 4) is 11.5 Å². The van der Waals surface area contributed by atoms with Crippen molar-refractivity contribution in [3.63, 3.8) is 0 Å². The van der Waals surface area contributed by atoms with Gasteiger partial charge < -0.3 is 9.84 Å². The van der Waals surface area contributed by atoms with Crippen LogP contribution in [0, 0.1) is 0 Å². The second-order valence-electron chi connectivity index (χ2n) is 4.45. The van der Waals surface area contributed by atoms with Crippen LogP contribution in [0.4, 0.5) is 0 Å². The molecule has 1 saturated carbocycles. The van der Waals surface area contributed by atoms with Gasteiger partial charge in [-0.1, -0.05) is 12.8 Å². The highest BCUT2D eigenvalue weighted by molar-refractivity contribution is 9.10. The largest absolute Gasteiger partial charge is 0.507 e. The molecule has 5 heteroatoms. The van der Waals surface area contributed by atoms with Gasteiger partial charge in [-0.2, -0.15) is 4.99 Å². The van der Waals surface area contributed by atoms with Crippen LogP contribution in [0.2, 0.25) is 0 Å². The van der Waals surface area contributed by atoms with Gasteiger partial charge in [-0.15, -0.1) is 0 Å². The number of ether oxygens (including phenoxy) is 1. The van der Waals surface area contributed by atoms with E-state index in [1.165, 1.54) is 7.11 Å². The number of aromatic hydroxyl groups is 1. The summed E-state index contributed by atoms with van der Waals surface area (Å²) in [6.07, 6.45) is 5.15. The Kier molecular flexibility index (Phi) is 3.73. The maximum absolute atomic E-state index is 10.6. The smallest absolute Gasteiger partial charge is 0.235 e. The number of halogens is 1. The zero-order valence-corrected chi connectivity index (χ0v) is 11.7. The third-order valence-corrected chi connectivity index (χ3v) is 4.08. The van der Waals surface area contributed by atoms with E-state index in [0.717, 1.165) is 30.2 Å². The maximum atomic E-state index is 10.6. The molecule has 4 nitrogen and oxygen atoms in total. The Balaban J connectivity index is 2.55. The van der Waals surface area contributed by atoms with Crippen molar-refractivity contribution in [2.45, 2.75) is 31.2 Å². The maximum Gasteiger partial charge on any atom is 0.235 e. The van der Waals surface area contributed by atoms with Crippen molar-refractivity contribution < 1.29 is 14.6 Å². The van der Waals surface area contributed by atoms with Crippen LogP contribution >= 0.6 is 15.9 Å². The summed E-state index contributed by atoms with van der Waals surface area (Å²) in [6.45, 7) is 0. The van der Waals surface area contributed by atoms with Gasteiger partial charge in [0.25, 0.3) is 0 Å². The number of carbonyl (C=O) groups excluding carboxylic acids is 1. The van der Waals surface area contributed by atoms with Crippen LogP contribution in [-0.2, 0) is 10.3 Å². The highest BCUT2D eigenvalue weighted by Crippen LogP contribution is 2.47. The molecular formula is C13H14BrNO3. The number of phenolic OH excluding ortho intramolecular Hbond substituents is 1. The third kappa shape index (κ3) is 2.16. The SMILES string of the molecule is COc1cc(O)c(C2(N=C=O)CCCC2)cc1Br. The fourth-order valence-electron chi connectivity index (χ4n) is 2.56. The van der Waals surface area contributed by atoms with Crippen LogP contribution in [0.25, 0.3) is 0 Å². The molecule has 1 aliphatic carbocycles. The number of aliphatic imine (C=N–C) groups is 1. The number of hydrogen-bond donors (Lipinski definition) is 1. The van der Waals surface area contributed by atoms with E-state index in [9.17, 15) is 9.90 Å². The quantitative estimate of drug-likeness (QED) is 0.688. The molecule has 1 aliphatic rings. The summed E-state index contributed by atoms with van der Waals surface area (Å²) in [4.78, 5) is 14.6. The van der Waals surface area contributed by atoms with Crippen LogP contribution < -0.4 is 4.74 Å². The zero-order valence-electron chi connectivity index (χ0n) is 10.1. The first-order valence-electron chi connectivity index (χ1n) is 5.79. The van der Waals surface area contributed by atoms with Gasteiger partial charge in [0.2, 0.25) is 6.08 Å². The number of benzene rings is 1. The van der Waals surface area contributed by atoms with Crippen LogP contribution in [0.1, 0.15) is 31.2 Å². The second-order valence-corrected chi connectivity index (χ2v) is 5.30. The highest BCUT2D eigenvalue weighted by Gasteiger charge is 2.38. The van der Waals surface area contributed by atoms with Gasteiger partial charge in [-0.05, 0) is 34.8 Å². The predicted molar refractivity (Wildman–Crippen MR) is 70.6 cm³/mol. The van der Waals surface area contributed by atoms with Crippen LogP contribution in [0.5, 0.6) is 11.5 Å². The molecule has 0 heterocycles. The lowest BCUT2D eigenvalue weighted by Crippen LogP contribution is -2.19. The first-order chi connectivity index (χ1) is 8.63. The molecular weight excluding hydrogens is 298 g/mol. The Morgan fingerprint density at radius 1 is 1.44 bits per heavy atom. The summed E-state index contributed by atoms with van der Waals surface area (Å²) in [5.74, 6) is 0.662. The molecule has 1 aromatic rings. The molecule has 0 amide bonds. The molecule has 0 aromatic heterocycles. The molecule has 0 unspecified atom stereocenters. The van der Waals surface area contributed by atoms with E-state index in [-0.39, 0.29) is 5.75 Å². The Bertz CT molecular complexity index is 503. The number of nitrogens with zero attached hydrogens (tertiary/aromatic N) is 1. The van der Waals surface area contributed by atoms with E-state index in [1.807, 2.05) is 0 Å². The summed E-state index contributed by atoms with van der Waals surface area (Å²) in [5, 5.41) is 10.1. The van der Waals surface area contributed by atoms with Gasteiger partial charge in [-0.25, -0.2) is 4.79 Å². The summed E-state index contributed by atoms with van der Waals surface area (Å²) < 4.78 is 5.86. The summed E-state index contributed by atoms with van der Waals surface area (Å²) in [7, 11) is 1.54. The summed E-state index contributed by atoms with van der Waals surface area (Å²) in [5.41, 5.74) is 0.0386. The number of methoxy groups -OCH3 is 1. The number of rotatable bonds is 3. The van der Waals surface area contributed by atoms with E-state index in [0.29, 0.717) is 11.3 Å². The van der Waals surface area contributed by atoms with E-state index in [1.54, 1.807) is 18.2 Å². The van der Waals surface area contributed by atoms with Crippen LogP contribution in [0.3, 0.4) is 0 Å². The Labute approximate surface area is 114 Å². The molecule has 18 heavy (non-hydrogen) atoms. The molecule has 1 N–H and O–H groups in total. The van der Waals surface area contributed by atoms with Gasteiger partial charge in [0, 0.05) is 11.6 Å². The van der Waals surface area contributed by atoms with Crippen molar-refractivity contribution in [2.24, 2.45) is 4.99 Å². The van der Waals surface area contributed by atoms with Gasteiger partial charge in [-0.3, -0.25) is 0 Å². The fourth-order valence-corrected chi connectivity index (χ4v) is 3.07. The van der Waals surface area contributed by atoms with Crippen molar-refractivity contribution >= 4 is 22.0 Å². The van der Waals surface area contributed by atoms with Gasteiger partial charge >= 0.3 is 0 Å². The molecule has 0 aliphatic heterocycles. The molecule has 2 rings (SSSR count). The molecule has 0 radical (unpaired) electrons. The average molecular weight is 312 g/mol. The van der Waals surface area contributed by atoms with Crippen molar-refractivity contribution in [1.82, 2.24) is 0 Å². The molecule has 1 aromatic carbocycles. The third-order valence-electron chi connectivity index (χ3n) is 3.46. The van der Waals surface area contributed by atoms with Crippen molar-refractivity contribution in [3.05, 3.63) is 22.2 Å². The van der Waals surface area contributed by atoms with E-state index >= 15 is 0 Å². The topological polar surface area (TPSA) is 58.9 Å². The first kappa shape index (κ1) is 13.1. The lowest BCUT2D eigenvalue weighted by Gasteiger charge is -2.24. The van der Waals surface area contributed by atoms with Crippen LogP contribution in [-0.4, -0.2) is 18.3 Å². The molecule has 0 spiro atoms. The monoisotopic (exact) mass is 311 g/mol. The van der Waals surface area contributed by atoms with Gasteiger partial charge in [0.05, 0.1) is 11.6 Å². The van der Waals surface area contributed by atoms with Gasteiger partial charge in [0.1, 0.15) is 17.0 Å². The summed E-state index contributed by atoms with van der Waals surface area (Å²) in [6, 6.07) is 3.32.